The SMILES string of the molecule is Cc1ccc(C(=O)Nc2sc(S(=O)(=O)N(C)c3ccccc3)cc2C(N)=O)s1. The van der Waals surface area contributed by atoms with Gasteiger partial charge < -0.3 is 11.1 Å². The lowest BCUT2D eigenvalue weighted by Gasteiger charge is -2.18. The Bertz CT molecular complexity index is 1130. The molecule has 0 fully saturated rings. The Morgan fingerprint density at radius 3 is 2.32 bits per heavy atom. The fourth-order valence-electron chi connectivity index (χ4n) is 2.40. The Morgan fingerprint density at radius 1 is 1.07 bits per heavy atom. The monoisotopic (exact) mass is 435 g/mol. The number of hydrogen-bond acceptors (Lipinski definition) is 6. The third-order valence-corrected chi connectivity index (χ3v) is 8.19. The van der Waals surface area contributed by atoms with E-state index in [4.69, 9.17) is 5.73 Å². The van der Waals surface area contributed by atoms with Crippen LogP contribution in [0.1, 0.15) is 24.9 Å². The molecule has 3 aromatic rings. The van der Waals surface area contributed by atoms with Gasteiger partial charge in [0.05, 0.1) is 16.1 Å². The summed E-state index contributed by atoms with van der Waals surface area (Å²) in [5.74, 6) is -1.25. The van der Waals surface area contributed by atoms with Crippen molar-refractivity contribution in [1.29, 1.82) is 0 Å². The van der Waals surface area contributed by atoms with Gasteiger partial charge in [-0.15, -0.1) is 22.7 Å². The molecule has 0 unspecified atom stereocenters. The number of rotatable bonds is 6. The van der Waals surface area contributed by atoms with Gasteiger partial charge in [0.1, 0.15) is 9.21 Å². The van der Waals surface area contributed by atoms with E-state index >= 15 is 0 Å². The van der Waals surface area contributed by atoms with E-state index in [9.17, 15) is 18.0 Å². The average molecular weight is 436 g/mol. The van der Waals surface area contributed by atoms with Gasteiger partial charge in [-0.05, 0) is 37.3 Å². The molecule has 2 amide bonds. The van der Waals surface area contributed by atoms with Crippen molar-refractivity contribution in [3.05, 3.63) is 63.8 Å². The molecule has 0 radical (unpaired) electrons. The molecule has 146 valence electrons. The predicted molar refractivity (Wildman–Crippen MR) is 112 cm³/mol. The van der Waals surface area contributed by atoms with Gasteiger partial charge in [0, 0.05) is 11.9 Å². The molecular formula is C18H17N3O4S3. The second-order valence-electron chi connectivity index (χ2n) is 5.84. The summed E-state index contributed by atoms with van der Waals surface area (Å²) in [4.78, 5) is 25.6. The van der Waals surface area contributed by atoms with Crippen molar-refractivity contribution in [3.63, 3.8) is 0 Å². The Hall–Kier alpha value is -2.69. The van der Waals surface area contributed by atoms with Gasteiger partial charge in [0.2, 0.25) is 0 Å². The highest BCUT2D eigenvalue weighted by Gasteiger charge is 2.27. The molecule has 10 heteroatoms. The van der Waals surface area contributed by atoms with Crippen molar-refractivity contribution >= 4 is 55.2 Å². The van der Waals surface area contributed by atoms with Crippen molar-refractivity contribution in [3.8, 4) is 0 Å². The highest BCUT2D eigenvalue weighted by molar-refractivity contribution is 7.94. The maximum absolute atomic E-state index is 13.0. The topological polar surface area (TPSA) is 110 Å². The van der Waals surface area contributed by atoms with E-state index in [0.717, 1.165) is 20.5 Å². The minimum Gasteiger partial charge on any atom is -0.366 e. The van der Waals surface area contributed by atoms with Crippen LogP contribution in [0.2, 0.25) is 0 Å². The zero-order chi connectivity index (χ0) is 20.5. The number of thiophene rings is 2. The molecule has 0 aliphatic carbocycles. The number of sulfonamides is 1. The standard InChI is InChI=1S/C18H17N3O4S3/c1-11-8-9-14(26-11)17(23)20-18-13(16(19)22)10-15(27-18)28(24,25)21(2)12-6-4-3-5-7-12/h3-10H,1-2H3,(H2,19,22)(H,20,23). The number of primary amides is 1. The molecule has 0 bridgehead atoms. The summed E-state index contributed by atoms with van der Waals surface area (Å²) >= 11 is 2.08. The summed E-state index contributed by atoms with van der Waals surface area (Å²) < 4.78 is 26.9. The number of nitrogens with zero attached hydrogens (tertiary/aromatic N) is 1. The van der Waals surface area contributed by atoms with Crippen molar-refractivity contribution in [2.45, 2.75) is 11.1 Å². The van der Waals surface area contributed by atoms with Gasteiger partial charge in [-0.3, -0.25) is 13.9 Å². The van der Waals surface area contributed by atoms with E-state index in [1.165, 1.54) is 24.5 Å². The smallest absolute Gasteiger partial charge is 0.273 e. The molecule has 2 heterocycles. The first kappa shape index (κ1) is 20.1. The van der Waals surface area contributed by atoms with Crippen LogP contribution in [-0.4, -0.2) is 27.3 Å². The molecule has 28 heavy (non-hydrogen) atoms. The Morgan fingerprint density at radius 2 is 1.75 bits per heavy atom. The van der Waals surface area contributed by atoms with Crippen LogP contribution in [0, 0.1) is 6.92 Å². The van der Waals surface area contributed by atoms with E-state index in [1.807, 2.05) is 6.92 Å². The van der Waals surface area contributed by atoms with Crippen molar-refractivity contribution in [2.75, 3.05) is 16.7 Å². The molecule has 3 N–H and O–H groups in total. The maximum Gasteiger partial charge on any atom is 0.273 e. The predicted octanol–water partition coefficient (Wildman–Crippen LogP) is 3.29. The van der Waals surface area contributed by atoms with Crippen LogP contribution >= 0.6 is 22.7 Å². The maximum atomic E-state index is 13.0. The van der Waals surface area contributed by atoms with Gasteiger partial charge in [0.15, 0.2) is 0 Å². The van der Waals surface area contributed by atoms with E-state index in [0.29, 0.717) is 10.6 Å². The minimum atomic E-state index is -3.93. The number of benzene rings is 1. The van der Waals surface area contributed by atoms with Gasteiger partial charge in [0.25, 0.3) is 21.8 Å². The van der Waals surface area contributed by atoms with Crippen LogP contribution in [0.5, 0.6) is 0 Å². The molecule has 7 nitrogen and oxygen atoms in total. The molecule has 0 saturated carbocycles. The van der Waals surface area contributed by atoms with E-state index in [-0.39, 0.29) is 14.8 Å². The number of anilines is 2. The number of amides is 2. The molecule has 0 aliphatic heterocycles. The quantitative estimate of drug-likeness (QED) is 0.619. The van der Waals surface area contributed by atoms with Crippen LogP contribution < -0.4 is 15.4 Å². The third-order valence-electron chi connectivity index (χ3n) is 3.90. The summed E-state index contributed by atoms with van der Waals surface area (Å²) in [6.45, 7) is 1.87. The molecule has 2 aromatic heterocycles. The molecule has 1 aromatic carbocycles. The number of aryl methyl sites for hydroxylation is 1. The van der Waals surface area contributed by atoms with Crippen molar-refractivity contribution < 1.29 is 18.0 Å². The number of para-hydroxylation sites is 1. The molecule has 0 saturated heterocycles. The highest BCUT2D eigenvalue weighted by Crippen LogP contribution is 2.34. The summed E-state index contributed by atoms with van der Waals surface area (Å²) in [5.41, 5.74) is 5.81. The van der Waals surface area contributed by atoms with Crippen LogP contribution in [0.15, 0.2) is 52.7 Å². The Balaban J connectivity index is 1.96. The lowest BCUT2D eigenvalue weighted by atomic mass is 10.3. The van der Waals surface area contributed by atoms with E-state index in [1.54, 1.807) is 42.5 Å². The van der Waals surface area contributed by atoms with Crippen LogP contribution in [-0.2, 0) is 10.0 Å². The minimum absolute atomic E-state index is 0.0494. The number of nitrogens with two attached hydrogens (primary N) is 1. The second kappa shape index (κ2) is 7.74. The lowest BCUT2D eigenvalue weighted by molar-refractivity contribution is 0.100. The van der Waals surface area contributed by atoms with Crippen LogP contribution in [0.25, 0.3) is 0 Å². The van der Waals surface area contributed by atoms with Crippen LogP contribution in [0.4, 0.5) is 10.7 Å². The molecule has 0 aliphatic rings. The third kappa shape index (κ3) is 3.93. The Kier molecular flexibility index (Phi) is 5.54. The number of carbonyl (C=O) groups excluding carboxylic acids is 2. The summed E-state index contributed by atoms with van der Waals surface area (Å²) in [5, 5.41) is 2.70. The van der Waals surface area contributed by atoms with Gasteiger partial charge in [-0.2, -0.15) is 0 Å². The Labute approximate surface area is 170 Å². The zero-order valence-corrected chi connectivity index (χ0v) is 17.5. The van der Waals surface area contributed by atoms with Gasteiger partial charge in [-0.1, -0.05) is 18.2 Å². The second-order valence-corrected chi connectivity index (χ2v) is 10.4. The lowest BCUT2D eigenvalue weighted by Crippen LogP contribution is -2.25. The fourth-order valence-corrected chi connectivity index (χ4v) is 5.90. The molecule has 0 spiro atoms. The van der Waals surface area contributed by atoms with Crippen molar-refractivity contribution in [2.24, 2.45) is 5.73 Å². The normalized spacial score (nSPS) is 11.2. The first-order valence-corrected chi connectivity index (χ1v) is 11.1. The van der Waals surface area contributed by atoms with Gasteiger partial charge in [-0.25, -0.2) is 8.42 Å². The molecule has 3 rings (SSSR count). The summed E-state index contributed by atoms with van der Waals surface area (Å²) in [6, 6.07) is 13.2. The van der Waals surface area contributed by atoms with Crippen LogP contribution in [0.3, 0.4) is 0 Å². The summed E-state index contributed by atoms with van der Waals surface area (Å²) in [6.07, 6.45) is 0. The van der Waals surface area contributed by atoms with E-state index in [2.05, 4.69) is 5.32 Å². The molecule has 0 atom stereocenters. The van der Waals surface area contributed by atoms with E-state index < -0.39 is 21.8 Å². The van der Waals surface area contributed by atoms with Crippen molar-refractivity contribution in [1.82, 2.24) is 0 Å². The largest absolute Gasteiger partial charge is 0.366 e. The fraction of sp³-hybridized carbons (Fsp3) is 0.111. The zero-order valence-electron chi connectivity index (χ0n) is 15.0. The average Bonchev–Trinajstić information content (AvgIpc) is 3.28. The van der Waals surface area contributed by atoms with Gasteiger partial charge >= 0.3 is 0 Å². The number of hydrogen-bond donors (Lipinski definition) is 2. The number of nitrogens with one attached hydrogen (secondary N) is 1. The molecular weight excluding hydrogens is 418 g/mol. The highest BCUT2D eigenvalue weighted by atomic mass is 32.2. The number of carbonyl (C=O) groups is 2. The first-order valence-electron chi connectivity index (χ1n) is 8.05. The first-order chi connectivity index (χ1) is 13.2. The summed E-state index contributed by atoms with van der Waals surface area (Å²) in [7, 11) is -2.51.